The number of non-ortho nitro benzene ring substituents is 1. The zero-order chi connectivity index (χ0) is 27.8. The maximum absolute atomic E-state index is 13.7. The second-order valence-electron chi connectivity index (χ2n) is 8.68. The minimum atomic E-state index is -4.03. The molecule has 0 bridgehead atoms. The number of nitrogens with zero attached hydrogens (tertiary/aromatic N) is 3. The first-order valence-electron chi connectivity index (χ1n) is 11.9. The van der Waals surface area contributed by atoms with Crippen LogP contribution in [0.2, 0.25) is 5.02 Å². The van der Waals surface area contributed by atoms with Crippen LogP contribution in [-0.4, -0.2) is 55.4 Å². The third kappa shape index (κ3) is 8.16. The number of halogens is 1. The molecule has 0 aromatic heterocycles. The molecule has 2 aromatic rings. The van der Waals surface area contributed by atoms with Crippen LogP contribution in [0.1, 0.15) is 44.2 Å². The molecular formula is C25H33ClN4O6S. The average Bonchev–Trinajstić information content (AvgIpc) is 2.83. The number of benzene rings is 2. The molecule has 0 aliphatic rings. The minimum absolute atomic E-state index is 0.0168. The lowest BCUT2D eigenvalue weighted by atomic mass is 10.1. The van der Waals surface area contributed by atoms with E-state index in [-0.39, 0.29) is 30.2 Å². The van der Waals surface area contributed by atoms with Crippen molar-refractivity contribution in [2.24, 2.45) is 0 Å². The molecule has 0 radical (unpaired) electrons. The maximum Gasteiger partial charge on any atom is 0.271 e. The fourth-order valence-corrected chi connectivity index (χ4v) is 4.91. The van der Waals surface area contributed by atoms with E-state index in [1.807, 2.05) is 6.92 Å². The van der Waals surface area contributed by atoms with E-state index in [9.17, 15) is 28.1 Å². The third-order valence-corrected chi connectivity index (χ3v) is 7.36. The normalized spacial score (nSPS) is 12.0. The van der Waals surface area contributed by atoms with Gasteiger partial charge in [-0.05, 0) is 37.0 Å². The van der Waals surface area contributed by atoms with Crippen molar-refractivity contribution in [2.75, 3.05) is 23.7 Å². The number of nitro benzene ring substituents is 1. The highest BCUT2D eigenvalue weighted by Crippen LogP contribution is 2.28. The van der Waals surface area contributed by atoms with Gasteiger partial charge in [0.05, 0.1) is 16.9 Å². The molecule has 0 spiro atoms. The summed E-state index contributed by atoms with van der Waals surface area (Å²) in [7, 11) is -4.03. The Morgan fingerprint density at radius 2 is 1.84 bits per heavy atom. The van der Waals surface area contributed by atoms with Crippen molar-refractivity contribution in [1.82, 2.24) is 10.2 Å². The Labute approximate surface area is 222 Å². The fraction of sp³-hybridized carbons (Fsp3) is 0.440. The van der Waals surface area contributed by atoms with Crippen molar-refractivity contribution in [3.8, 4) is 0 Å². The van der Waals surface area contributed by atoms with Crippen LogP contribution < -0.4 is 9.62 Å². The van der Waals surface area contributed by atoms with Gasteiger partial charge in [0.15, 0.2) is 0 Å². The third-order valence-electron chi connectivity index (χ3n) is 5.87. The molecule has 37 heavy (non-hydrogen) atoms. The van der Waals surface area contributed by atoms with Crippen LogP contribution in [0, 0.1) is 17.0 Å². The summed E-state index contributed by atoms with van der Waals surface area (Å²) in [6.07, 6.45) is 2.86. The van der Waals surface area contributed by atoms with Crippen LogP contribution in [-0.2, 0) is 26.2 Å². The second kappa shape index (κ2) is 13.4. The van der Waals surface area contributed by atoms with Gasteiger partial charge in [0.1, 0.15) is 12.6 Å². The predicted molar refractivity (Wildman–Crippen MR) is 144 cm³/mol. The van der Waals surface area contributed by atoms with E-state index < -0.39 is 33.4 Å². The Morgan fingerprint density at radius 3 is 2.41 bits per heavy atom. The highest BCUT2D eigenvalue weighted by molar-refractivity contribution is 7.92. The molecule has 0 saturated carbocycles. The first kappa shape index (κ1) is 30.0. The summed E-state index contributed by atoms with van der Waals surface area (Å²) >= 11 is 6.34. The Hall–Kier alpha value is -3.18. The highest BCUT2D eigenvalue weighted by Gasteiger charge is 2.32. The fourth-order valence-electron chi connectivity index (χ4n) is 3.81. The van der Waals surface area contributed by atoms with Gasteiger partial charge < -0.3 is 10.2 Å². The van der Waals surface area contributed by atoms with Crippen LogP contribution in [0.25, 0.3) is 0 Å². The van der Waals surface area contributed by atoms with Crippen molar-refractivity contribution in [2.45, 2.75) is 52.6 Å². The number of carbonyl (C=O) groups excluding carboxylic acids is 2. The van der Waals surface area contributed by atoms with Crippen LogP contribution in [0.15, 0.2) is 42.5 Å². The van der Waals surface area contributed by atoms with Crippen LogP contribution in [0.3, 0.4) is 0 Å². The lowest BCUT2D eigenvalue weighted by molar-refractivity contribution is -0.384. The second-order valence-corrected chi connectivity index (χ2v) is 11.0. The summed E-state index contributed by atoms with van der Waals surface area (Å²) in [6.45, 7) is 5.12. The zero-order valence-corrected chi connectivity index (χ0v) is 23.0. The van der Waals surface area contributed by atoms with Gasteiger partial charge in [-0.2, -0.15) is 0 Å². The van der Waals surface area contributed by atoms with E-state index in [0.717, 1.165) is 29.5 Å². The van der Waals surface area contributed by atoms with Gasteiger partial charge in [0, 0.05) is 30.2 Å². The number of carbonyl (C=O) groups is 2. The van der Waals surface area contributed by atoms with Crippen molar-refractivity contribution in [3.05, 3.63) is 68.7 Å². The van der Waals surface area contributed by atoms with Gasteiger partial charge in [-0.15, -0.1) is 0 Å². The number of rotatable bonds is 13. The van der Waals surface area contributed by atoms with Crippen molar-refractivity contribution in [3.63, 3.8) is 0 Å². The number of nitrogens with one attached hydrogen (secondary N) is 1. The summed E-state index contributed by atoms with van der Waals surface area (Å²) in [5.74, 6) is -0.998. The van der Waals surface area contributed by atoms with E-state index in [2.05, 4.69) is 5.32 Å². The van der Waals surface area contributed by atoms with Gasteiger partial charge in [-0.25, -0.2) is 8.42 Å². The molecular weight excluding hydrogens is 520 g/mol. The lowest BCUT2D eigenvalue weighted by Gasteiger charge is -2.33. The van der Waals surface area contributed by atoms with E-state index in [1.165, 1.54) is 17.0 Å². The number of aryl methyl sites for hydroxylation is 1. The molecule has 2 rings (SSSR count). The molecule has 0 saturated heterocycles. The minimum Gasteiger partial charge on any atom is -0.354 e. The largest absolute Gasteiger partial charge is 0.354 e. The molecule has 1 N–H and O–H groups in total. The summed E-state index contributed by atoms with van der Waals surface area (Å²) in [4.78, 5) is 38.8. The van der Waals surface area contributed by atoms with Gasteiger partial charge in [-0.1, -0.05) is 56.1 Å². The highest BCUT2D eigenvalue weighted by atomic mass is 35.5. The van der Waals surface area contributed by atoms with E-state index in [4.69, 9.17) is 11.6 Å². The molecule has 0 unspecified atom stereocenters. The van der Waals surface area contributed by atoms with E-state index in [1.54, 1.807) is 38.1 Å². The molecule has 2 amide bonds. The number of nitro groups is 1. The molecule has 12 heteroatoms. The van der Waals surface area contributed by atoms with Gasteiger partial charge >= 0.3 is 0 Å². The number of amides is 2. The molecule has 202 valence electrons. The molecule has 1 atom stereocenters. The molecule has 0 fully saturated rings. The molecule has 0 heterocycles. The summed E-state index contributed by atoms with van der Waals surface area (Å²) in [5.41, 5.74) is 0.736. The average molecular weight is 553 g/mol. The van der Waals surface area contributed by atoms with Gasteiger partial charge in [-0.3, -0.25) is 24.0 Å². The van der Waals surface area contributed by atoms with Crippen LogP contribution >= 0.6 is 11.6 Å². The smallest absolute Gasteiger partial charge is 0.271 e. The molecule has 10 nitrogen and oxygen atoms in total. The topological polar surface area (TPSA) is 130 Å². The molecule has 0 aliphatic heterocycles. The molecule has 0 aliphatic carbocycles. The van der Waals surface area contributed by atoms with Gasteiger partial charge in [0.25, 0.3) is 5.69 Å². The number of hydrogen-bond donors (Lipinski definition) is 1. The summed E-state index contributed by atoms with van der Waals surface area (Å²) in [5, 5.41) is 14.6. The van der Waals surface area contributed by atoms with E-state index in [0.29, 0.717) is 22.7 Å². The zero-order valence-electron chi connectivity index (χ0n) is 21.4. The van der Waals surface area contributed by atoms with Crippen molar-refractivity contribution < 1.29 is 22.9 Å². The first-order chi connectivity index (χ1) is 17.4. The Bertz CT molecular complexity index is 1240. The first-order valence-corrected chi connectivity index (χ1v) is 14.2. The SMILES string of the molecule is CCCCNC(=O)[C@H](CC)N(Cc1ccccc1Cl)C(=O)CN(c1cc([N+](=O)[O-])ccc1C)S(C)(=O)=O. The Kier molecular flexibility index (Phi) is 10.9. The predicted octanol–water partition coefficient (Wildman–Crippen LogP) is 4.05. The summed E-state index contributed by atoms with van der Waals surface area (Å²) < 4.78 is 26.4. The van der Waals surface area contributed by atoms with Crippen molar-refractivity contribution in [1.29, 1.82) is 0 Å². The number of unbranched alkanes of at least 4 members (excludes halogenated alkanes) is 1. The van der Waals surface area contributed by atoms with Crippen LogP contribution in [0.5, 0.6) is 0 Å². The van der Waals surface area contributed by atoms with Gasteiger partial charge in [0.2, 0.25) is 21.8 Å². The summed E-state index contributed by atoms with van der Waals surface area (Å²) in [6, 6.07) is 9.81. The van der Waals surface area contributed by atoms with Crippen molar-refractivity contribution >= 4 is 44.8 Å². The van der Waals surface area contributed by atoms with E-state index >= 15 is 0 Å². The number of hydrogen-bond acceptors (Lipinski definition) is 6. The number of anilines is 1. The maximum atomic E-state index is 13.7. The monoisotopic (exact) mass is 552 g/mol. The lowest BCUT2D eigenvalue weighted by Crippen LogP contribution is -2.52. The Balaban J connectivity index is 2.51. The van der Waals surface area contributed by atoms with Crippen LogP contribution in [0.4, 0.5) is 11.4 Å². The standard InChI is InChI=1S/C25H33ClN4O6S/c1-5-7-14-27-25(32)22(6-2)28(16-19-10-8-9-11-21(19)26)24(31)17-29(37(4,35)36)23-15-20(30(33)34)13-12-18(23)3/h8-13,15,22H,5-7,14,16-17H2,1-4H3,(H,27,32)/t22-/m0/s1. The Morgan fingerprint density at radius 1 is 1.16 bits per heavy atom. The number of sulfonamides is 1. The quantitative estimate of drug-likeness (QED) is 0.227. The molecule has 2 aromatic carbocycles.